The molecule has 0 radical (unpaired) electrons. The van der Waals surface area contributed by atoms with Gasteiger partial charge in [0.1, 0.15) is 11.5 Å². The molecule has 0 amide bonds. The zero-order valence-electron chi connectivity index (χ0n) is 14.9. The molecular formula is C20H22ClNO3. The Labute approximate surface area is 152 Å². The molecule has 0 unspecified atom stereocenters. The Hall–Kier alpha value is -2.46. The molecule has 0 aliphatic heterocycles. The number of rotatable bonds is 6. The Balaban J connectivity index is 2.40. The summed E-state index contributed by atoms with van der Waals surface area (Å²) in [5.41, 5.74) is 1.08. The number of aromatic nitrogens is 1. The fourth-order valence-corrected chi connectivity index (χ4v) is 2.55. The highest BCUT2D eigenvalue weighted by atomic mass is 35.5. The number of methoxy groups -OCH3 is 1. The number of hydrogen-bond acceptors (Lipinski definition) is 3. The van der Waals surface area contributed by atoms with Crippen LogP contribution >= 0.6 is 11.6 Å². The molecule has 0 spiro atoms. The van der Waals surface area contributed by atoms with Gasteiger partial charge in [-0.1, -0.05) is 43.7 Å². The van der Waals surface area contributed by atoms with Crippen molar-refractivity contribution in [3.63, 3.8) is 0 Å². The third-order valence-corrected chi connectivity index (χ3v) is 4.34. The average molecular weight is 360 g/mol. The van der Waals surface area contributed by atoms with Crippen LogP contribution in [0, 0.1) is 0 Å². The quantitative estimate of drug-likeness (QED) is 0.569. The molecule has 25 heavy (non-hydrogen) atoms. The maximum atomic E-state index is 12.5. The standard InChI is InChI=1S/C20H22ClNO3/c1-6-20(3,4)18-17(24-5)12-16(25-19(18)23)13(2)8-7-9-15-14(21)10-11-22-15/h6-12,22H,1H2,2-5H3. The van der Waals surface area contributed by atoms with Crippen molar-refractivity contribution < 1.29 is 9.15 Å². The summed E-state index contributed by atoms with van der Waals surface area (Å²) < 4.78 is 10.9. The highest BCUT2D eigenvalue weighted by Crippen LogP contribution is 2.31. The van der Waals surface area contributed by atoms with Gasteiger partial charge < -0.3 is 14.1 Å². The van der Waals surface area contributed by atoms with Crippen molar-refractivity contribution in [1.82, 2.24) is 4.98 Å². The minimum absolute atomic E-state index is 0.427. The van der Waals surface area contributed by atoms with E-state index in [9.17, 15) is 4.79 Å². The molecule has 2 aromatic rings. The van der Waals surface area contributed by atoms with Gasteiger partial charge in [0.05, 0.1) is 23.4 Å². The maximum Gasteiger partial charge on any atom is 0.344 e. The van der Waals surface area contributed by atoms with Gasteiger partial charge in [-0.25, -0.2) is 4.79 Å². The van der Waals surface area contributed by atoms with Crippen LogP contribution in [0.4, 0.5) is 0 Å². The molecule has 0 bridgehead atoms. The summed E-state index contributed by atoms with van der Waals surface area (Å²) in [6.07, 6.45) is 8.99. The molecule has 132 valence electrons. The van der Waals surface area contributed by atoms with Crippen molar-refractivity contribution in [2.75, 3.05) is 7.11 Å². The lowest BCUT2D eigenvalue weighted by Crippen LogP contribution is -2.24. The normalized spacial score (nSPS) is 12.6. The lowest BCUT2D eigenvalue weighted by atomic mass is 9.85. The predicted octanol–water partition coefficient (Wildman–Crippen LogP) is 5.21. The van der Waals surface area contributed by atoms with E-state index in [1.54, 1.807) is 24.4 Å². The number of halogens is 1. The van der Waals surface area contributed by atoms with Crippen LogP contribution in [0.25, 0.3) is 11.6 Å². The van der Waals surface area contributed by atoms with Gasteiger partial charge in [0.25, 0.3) is 0 Å². The van der Waals surface area contributed by atoms with E-state index in [1.807, 2.05) is 39.0 Å². The summed E-state index contributed by atoms with van der Waals surface area (Å²) in [5, 5.41) is 0.645. The summed E-state index contributed by atoms with van der Waals surface area (Å²) in [7, 11) is 1.54. The monoisotopic (exact) mass is 359 g/mol. The molecule has 0 aliphatic rings. The first-order valence-corrected chi connectivity index (χ1v) is 8.22. The Morgan fingerprint density at radius 1 is 1.44 bits per heavy atom. The Morgan fingerprint density at radius 3 is 2.72 bits per heavy atom. The Kier molecular flexibility index (Phi) is 5.75. The molecular weight excluding hydrogens is 338 g/mol. The van der Waals surface area contributed by atoms with Gasteiger partial charge in [-0.15, -0.1) is 6.58 Å². The fourth-order valence-electron chi connectivity index (χ4n) is 2.37. The van der Waals surface area contributed by atoms with Gasteiger partial charge in [-0.05, 0) is 24.6 Å². The third-order valence-electron chi connectivity index (χ3n) is 4.01. The number of H-pyrrole nitrogens is 1. The number of ether oxygens (including phenoxy) is 1. The molecule has 1 N–H and O–H groups in total. The predicted molar refractivity (Wildman–Crippen MR) is 103 cm³/mol. The van der Waals surface area contributed by atoms with Crippen molar-refractivity contribution >= 4 is 23.3 Å². The van der Waals surface area contributed by atoms with Crippen molar-refractivity contribution in [1.29, 1.82) is 0 Å². The van der Waals surface area contributed by atoms with Crippen LogP contribution in [0.2, 0.25) is 5.02 Å². The second-order valence-corrected chi connectivity index (χ2v) is 6.62. The smallest absolute Gasteiger partial charge is 0.344 e. The molecule has 0 aliphatic carbocycles. The largest absolute Gasteiger partial charge is 0.496 e. The molecule has 2 heterocycles. The molecule has 0 aromatic carbocycles. The van der Waals surface area contributed by atoms with E-state index in [4.69, 9.17) is 20.8 Å². The van der Waals surface area contributed by atoms with Gasteiger partial charge in [-0.3, -0.25) is 0 Å². The third kappa shape index (κ3) is 4.15. The first kappa shape index (κ1) is 18.9. The van der Waals surface area contributed by atoms with Crippen molar-refractivity contribution in [2.45, 2.75) is 26.2 Å². The SMILES string of the molecule is C=CC(C)(C)c1c(OC)cc(C(C)=CC=Cc2[nH]ccc2Cl)oc1=O. The summed E-state index contributed by atoms with van der Waals surface area (Å²) in [6.45, 7) is 9.42. The van der Waals surface area contributed by atoms with E-state index in [-0.39, 0.29) is 0 Å². The van der Waals surface area contributed by atoms with Crippen LogP contribution < -0.4 is 10.4 Å². The summed E-state index contributed by atoms with van der Waals surface area (Å²) in [5.74, 6) is 0.938. The molecule has 4 nitrogen and oxygen atoms in total. The van der Waals surface area contributed by atoms with Gasteiger partial charge in [-0.2, -0.15) is 0 Å². The fraction of sp³-hybridized carbons (Fsp3) is 0.250. The number of nitrogens with one attached hydrogen (secondary N) is 1. The van der Waals surface area contributed by atoms with Gasteiger partial charge in [0, 0.05) is 17.7 Å². The van der Waals surface area contributed by atoms with Crippen LogP contribution in [0.1, 0.15) is 37.8 Å². The minimum atomic E-state index is -0.549. The van der Waals surface area contributed by atoms with Gasteiger partial charge in [0.15, 0.2) is 0 Å². The van der Waals surface area contributed by atoms with E-state index >= 15 is 0 Å². The van der Waals surface area contributed by atoms with E-state index < -0.39 is 11.0 Å². The first-order valence-electron chi connectivity index (χ1n) is 7.84. The van der Waals surface area contributed by atoms with E-state index in [0.717, 1.165) is 11.3 Å². The Bertz CT molecular complexity index is 885. The zero-order valence-corrected chi connectivity index (χ0v) is 15.6. The van der Waals surface area contributed by atoms with Crippen molar-refractivity contribution in [3.8, 4) is 5.75 Å². The molecule has 0 saturated heterocycles. The molecule has 2 aromatic heterocycles. The lowest BCUT2D eigenvalue weighted by molar-refractivity contribution is 0.380. The van der Waals surface area contributed by atoms with E-state index in [1.165, 1.54) is 7.11 Å². The number of aromatic amines is 1. The molecule has 2 rings (SSSR count). The summed E-state index contributed by atoms with van der Waals surface area (Å²) >= 11 is 6.02. The lowest BCUT2D eigenvalue weighted by Gasteiger charge is -2.21. The molecule has 0 atom stereocenters. The van der Waals surface area contributed by atoms with Crippen LogP contribution in [0.3, 0.4) is 0 Å². The number of allylic oxidation sites excluding steroid dienone is 4. The second-order valence-electron chi connectivity index (χ2n) is 6.22. The molecule has 0 saturated carbocycles. The summed E-state index contributed by atoms with van der Waals surface area (Å²) in [4.78, 5) is 15.5. The second kappa shape index (κ2) is 7.62. The van der Waals surface area contributed by atoms with Crippen LogP contribution in [-0.2, 0) is 5.41 Å². The molecule has 5 heteroatoms. The zero-order chi connectivity index (χ0) is 18.6. The molecule has 0 fully saturated rings. The maximum absolute atomic E-state index is 12.5. The first-order chi connectivity index (χ1) is 11.8. The highest BCUT2D eigenvalue weighted by Gasteiger charge is 2.26. The number of hydrogen-bond donors (Lipinski definition) is 1. The minimum Gasteiger partial charge on any atom is -0.496 e. The van der Waals surface area contributed by atoms with Crippen molar-refractivity contribution in [2.24, 2.45) is 0 Å². The van der Waals surface area contributed by atoms with Gasteiger partial charge in [0.2, 0.25) is 0 Å². The van der Waals surface area contributed by atoms with E-state index in [2.05, 4.69) is 11.6 Å². The Morgan fingerprint density at radius 2 is 2.16 bits per heavy atom. The van der Waals surface area contributed by atoms with Crippen LogP contribution in [0.15, 0.2) is 52.3 Å². The van der Waals surface area contributed by atoms with Gasteiger partial charge >= 0.3 is 5.63 Å². The topological polar surface area (TPSA) is 55.2 Å². The van der Waals surface area contributed by atoms with Crippen LogP contribution in [0.5, 0.6) is 5.75 Å². The van der Waals surface area contributed by atoms with Crippen molar-refractivity contribution in [3.05, 3.63) is 75.6 Å². The van der Waals surface area contributed by atoms with E-state index in [0.29, 0.717) is 22.1 Å². The summed E-state index contributed by atoms with van der Waals surface area (Å²) in [6, 6.07) is 3.51. The van der Waals surface area contributed by atoms with Crippen LogP contribution in [-0.4, -0.2) is 12.1 Å². The average Bonchev–Trinajstić information content (AvgIpc) is 2.98. The highest BCUT2D eigenvalue weighted by molar-refractivity contribution is 6.31.